The van der Waals surface area contributed by atoms with Gasteiger partial charge in [0.1, 0.15) is 18.5 Å². The van der Waals surface area contributed by atoms with Crippen molar-refractivity contribution in [2.24, 2.45) is 11.8 Å². The lowest BCUT2D eigenvalue weighted by Gasteiger charge is -2.30. The summed E-state index contributed by atoms with van der Waals surface area (Å²) in [5.74, 6) is -2.50. The van der Waals surface area contributed by atoms with Gasteiger partial charge in [-0.05, 0) is 30.9 Å². The van der Waals surface area contributed by atoms with Gasteiger partial charge in [0.05, 0.1) is 18.4 Å². The molecule has 5 atom stereocenters. The van der Waals surface area contributed by atoms with Crippen LogP contribution in [0.1, 0.15) is 33.1 Å². The lowest BCUT2D eigenvalue weighted by Crippen LogP contribution is -2.43. The highest BCUT2D eigenvalue weighted by Crippen LogP contribution is 2.35. The Kier molecular flexibility index (Phi) is 7.10. The van der Waals surface area contributed by atoms with Crippen LogP contribution in [-0.4, -0.2) is 53.4 Å². The van der Waals surface area contributed by atoms with Gasteiger partial charge in [-0.25, -0.2) is 4.79 Å². The first-order chi connectivity index (χ1) is 12.8. The highest BCUT2D eigenvalue weighted by atomic mass is 16.6. The Morgan fingerprint density at radius 2 is 2.22 bits per heavy atom. The number of fused-ring (bicyclic) bond motifs is 1. The molecule has 2 aliphatic rings. The van der Waals surface area contributed by atoms with Crippen LogP contribution in [0.5, 0.6) is 0 Å². The van der Waals surface area contributed by atoms with E-state index in [0.29, 0.717) is 31.1 Å². The summed E-state index contributed by atoms with van der Waals surface area (Å²) in [5.41, 5.74) is 0.775. The fourth-order valence-electron chi connectivity index (χ4n) is 3.18. The Bertz CT molecular complexity index is 676. The number of rotatable bonds is 5. The summed E-state index contributed by atoms with van der Waals surface area (Å²) in [5, 5.41) is 20.5. The normalized spacial score (nSPS) is 29.8. The van der Waals surface area contributed by atoms with Crippen molar-refractivity contribution in [3.05, 3.63) is 35.5 Å². The molecule has 0 aromatic rings. The summed E-state index contributed by atoms with van der Waals surface area (Å²) >= 11 is 0. The predicted molar refractivity (Wildman–Crippen MR) is 96.4 cm³/mol. The number of allylic oxidation sites excluding steroid dienone is 1. The minimum absolute atomic E-state index is 0.0384. The van der Waals surface area contributed by atoms with Gasteiger partial charge in [-0.2, -0.15) is 0 Å². The second-order valence-electron chi connectivity index (χ2n) is 6.92. The lowest BCUT2D eigenvalue weighted by atomic mass is 9.83. The van der Waals surface area contributed by atoms with Crippen molar-refractivity contribution >= 4 is 18.2 Å². The molecule has 0 spiro atoms. The molecule has 2 rings (SSSR count). The summed E-state index contributed by atoms with van der Waals surface area (Å²) in [7, 11) is 0. The Morgan fingerprint density at radius 3 is 2.81 bits per heavy atom. The van der Waals surface area contributed by atoms with E-state index >= 15 is 0 Å². The maximum absolute atomic E-state index is 12.3. The average Bonchev–Trinajstić information content (AvgIpc) is 2.94. The topological polar surface area (TPSA) is 110 Å². The zero-order valence-corrected chi connectivity index (χ0v) is 15.6. The van der Waals surface area contributed by atoms with Crippen LogP contribution in [0.3, 0.4) is 0 Å². The van der Waals surface area contributed by atoms with Crippen molar-refractivity contribution in [2.75, 3.05) is 6.61 Å². The van der Waals surface area contributed by atoms with Gasteiger partial charge >= 0.3 is 11.9 Å². The fourth-order valence-corrected chi connectivity index (χ4v) is 3.18. The van der Waals surface area contributed by atoms with Crippen molar-refractivity contribution in [3.63, 3.8) is 0 Å². The third kappa shape index (κ3) is 4.54. The lowest BCUT2D eigenvalue weighted by molar-refractivity contribution is -0.159. The maximum Gasteiger partial charge on any atom is 0.334 e. The van der Waals surface area contributed by atoms with Crippen molar-refractivity contribution in [3.8, 4) is 0 Å². The first kappa shape index (κ1) is 21.1. The van der Waals surface area contributed by atoms with Gasteiger partial charge in [0.25, 0.3) is 0 Å². The molecule has 1 saturated heterocycles. The molecular weight excluding hydrogens is 352 g/mol. The monoisotopic (exact) mass is 378 g/mol. The molecule has 2 N–H and O–H groups in total. The Balaban J connectivity index is 2.45. The molecule has 0 bridgehead atoms. The van der Waals surface area contributed by atoms with Crippen molar-refractivity contribution in [1.29, 1.82) is 0 Å². The van der Waals surface area contributed by atoms with E-state index in [9.17, 15) is 24.6 Å². The van der Waals surface area contributed by atoms with E-state index in [0.717, 1.165) is 0 Å². The first-order valence-corrected chi connectivity index (χ1v) is 9.08. The van der Waals surface area contributed by atoms with Gasteiger partial charge in [0.15, 0.2) is 6.10 Å². The third-order valence-electron chi connectivity index (χ3n) is 5.11. The minimum atomic E-state index is -1.40. The van der Waals surface area contributed by atoms with E-state index in [1.165, 1.54) is 0 Å². The Morgan fingerprint density at radius 1 is 1.52 bits per heavy atom. The summed E-state index contributed by atoms with van der Waals surface area (Å²) in [6.45, 7) is 6.97. The Hall–Kier alpha value is -2.25. The summed E-state index contributed by atoms with van der Waals surface area (Å²) in [6.07, 6.45) is 1.62. The SMILES string of the molecule is C=C1C(=O)OC2C=C(CO)CCC=C(C=O)C(OC(=O)C(C)CC)C(O)C12. The molecule has 7 nitrogen and oxygen atoms in total. The van der Waals surface area contributed by atoms with Crippen LogP contribution in [0.15, 0.2) is 35.5 Å². The second-order valence-corrected chi connectivity index (χ2v) is 6.92. The fraction of sp³-hybridized carbons (Fsp3) is 0.550. The van der Waals surface area contributed by atoms with Gasteiger partial charge in [-0.1, -0.05) is 26.5 Å². The summed E-state index contributed by atoms with van der Waals surface area (Å²) < 4.78 is 10.7. The molecule has 1 fully saturated rings. The summed E-state index contributed by atoms with van der Waals surface area (Å²) in [6, 6.07) is 0. The second kappa shape index (κ2) is 9.10. The van der Waals surface area contributed by atoms with Crippen LogP contribution in [-0.2, 0) is 23.9 Å². The van der Waals surface area contributed by atoms with E-state index in [2.05, 4.69) is 6.58 Å². The molecule has 0 radical (unpaired) electrons. The molecule has 0 aromatic carbocycles. The van der Waals surface area contributed by atoms with Crippen molar-refractivity contribution in [1.82, 2.24) is 0 Å². The number of aliphatic hydroxyl groups excluding tert-OH is 2. The van der Waals surface area contributed by atoms with E-state index in [1.807, 2.05) is 6.92 Å². The quantitative estimate of drug-likeness (QED) is 0.320. The van der Waals surface area contributed by atoms with Gasteiger partial charge in [-0.3, -0.25) is 9.59 Å². The van der Waals surface area contributed by atoms with E-state index in [-0.39, 0.29) is 17.8 Å². The zero-order chi connectivity index (χ0) is 20.1. The van der Waals surface area contributed by atoms with Gasteiger partial charge in [0, 0.05) is 11.1 Å². The molecule has 0 aromatic heterocycles. The number of ether oxygens (including phenoxy) is 2. The molecule has 7 heteroatoms. The molecule has 148 valence electrons. The van der Waals surface area contributed by atoms with Crippen LogP contribution in [0.4, 0.5) is 0 Å². The molecule has 1 aliphatic heterocycles. The highest BCUT2D eigenvalue weighted by molar-refractivity contribution is 5.91. The summed E-state index contributed by atoms with van der Waals surface area (Å²) in [4.78, 5) is 35.9. The van der Waals surface area contributed by atoms with Crippen LogP contribution in [0.2, 0.25) is 0 Å². The molecule has 0 amide bonds. The van der Waals surface area contributed by atoms with Crippen LogP contribution in [0.25, 0.3) is 0 Å². The minimum Gasteiger partial charge on any atom is -0.454 e. The number of esters is 2. The molecule has 5 unspecified atom stereocenters. The van der Waals surface area contributed by atoms with Crippen LogP contribution in [0, 0.1) is 11.8 Å². The van der Waals surface area contributed by atoms with Gasteiger partial charge in [0.2, 0.25) is 0 Å². The van der Waals surface area contributed by atoms with Crippen LogP contribution >= 0.6 is 0 Å². The average molecular weight is 378 g/mol. The van der Waals surface area contributed by atoms with Gasteiger partial charge < -0.3 is 19.7 Å². The largest absolute Gasteiger partial charge is 0.454 e. The van der Waals surface area contributed by atoms with Crippen LogP contribution < -0.4 is 0 Å². The number of aldehydes is 1. The molecule has 1 heterocycles. The number of hydrogen-bond acceptors (Lipinski definition) is 7. The molecule has 0 saturated carbocycles. The predicted octanol–water partition coefficient (Wildman–Crippen LogP) is 1.24. The highest BCUT2D eigenvalue weighted by Gasteiger charge is 2.47. The van der Waals surface area contributed by atoms with Gasteiger partial charge in [-0.15, -0.1) is 0 Å². The Labute approximate surface area is 158 Å². The number of carbonyl (C=O) groups excluding carboxylic acids is 3. The molecule has 1 aliphatic carbocycles. The zero-order valence-electron chi connectivity index (χ0n) is 15.6. The van der Waals surface area contributed by atoms with E-state index in [4.69, 9.17) is 9.47 Å². The smallest absolute Gasteiger partial charge is 0.334 e. The van der Waals surface area contributed by atoms with Crippen molar-refractivity contribution < 1.29 is 34.1 Å². The maximum atomic E-state index is 12.3. The van der Waals surface area contributed by atoms with E-state index < -0.39 is 42.1 Å². The third-order valence-corrected chi connectivity index (χ3v) is 5.11. The first-order valence-electron chi connectivity index (χ1n) is 9.08. The number of hydrogen-bond donors (Lipinski definition) is 2. The number of carbonyl (C=O) groups is 3. The van der Waals surface area contributed by atoms with E-state index in [1.54, 1.807) is 19.1 Å². The van der Waals surface area contributed by atoms with Crippen molar-refractivity contribution in [2.45, 2.75) is 51.4 Å². The number of aliphatic hydroxyl groups is 2. The standard InChI is InChI=1S/C20H26O7/c1-4-11(2)19(24)27-18-14(10-22)7-5-6-13(9-21)8-15-16(17(18)23)12(3)20(25)26-15/h7-8,10-11,15-18,21,23H,3-6,9H2,1-2H3. The molecule has 27 heavy (non-hydrogen) atoms. The molecular formula is C20H26O7.